The highest BCUT2D eigenvalue weighted by atomic mass is 16.5. The number of rotatable bonds is 4. The fourth-order valence-electron chi connectivity index (χ4n) is 2.90. The van der Waals surface area contributed by atoms with Crippen LogP contribution in [0.15, 0.2) is 43.0 Å². The average molecular weight is 346 g/mol. The normalized spacial score (nSPS) is 11.3. The molecule has 4 aromatic heterocycles. The van der Waals surface area contributed by atoms with Gasteiger partial charge in [-0.2, -0.15) is 5.10 Å². The minimum absolute atomic E-state index is 0.674. The highest BCUT2D eigenvalue weighted by Gasteiger charge is 2.14. The third-order valence-electron chi connectivity index (χ3n) is 4.17. The van der Waals surface area contributed by atoms with Gasteiger partial charge in [-0.25, -0.2) is 15.0 Å². The molecule has 5 aromatic rings. The molecular formula is C17H14N8O. The van der Waals surface area contributed by atoms with Crippen molar-refractivity contribution < 1.29 is 4.74 Å². The second-order valence-electron chi connectivity index (χ2n) is 5.71. The van der Waals surface area contributed by atoms with E-state index in [1.54, 1.807) is 13.3 Å². The topological polar surface area (TPSA) is 120 Å². The predicted octanol–water partition coefficient (Wildman–Crippen LogP) is 2.98. The van der Waals surface area contributed by atoms with Gasteiger partial charge in [-0.05, 0) is 18.2 Å². The van der Waals surface area contributed by atoms with Gasteiger partial charge in [0.05, 0.1) is 35.4 Å². The number of hydrogen-bond acceptors (Lipinski definition) is 6. The van der Waals surface area contributed by atoms with E-state index >= 15 is 0 Å². The Morgan fingerprint density at radius 1 is 1.15 bits per heavy atom. The van der Waals surface area contributed by atoms with Crippen LogP contribution in [0, 0.1) is 0 Å². The molecule has 0 atom stereocenters. The Labute approximate surface area is 146 Å². The van der Waals surface area contributed by atoms with E-state index in [-0.39, 0.29) is 0 Å². The van der Waals surface area contributed by atoms with E-state index in [4.69, 9.17) is 4.74 Å². The number of H-pyrrole nitrogens is 3. The van der Waals surface area contributed by atoms with Crippen molar-refractivity contribution in [1.82, 2.24) is 35.1 Å². The Bertz CT molecular complexity index is 1220. The maximum Gasteiger partial charge on any atom is 0.158 e. The van der Waals surface area contributed by atoms with Crippen LogP contribution in [0.1, 0.15) is 0 Å². The van der Waals surface area contributed by atoms with Crippen LogP contribution in [-0.2, 0) is 0 Å². The standard InChI is InChI=1S/C17H14N8O/c1-26-9-2-3-11-12(6-9)23-17(22-11)14-13(7-21-25-14)24-16-10-4-5-18-15(10)19-8-20-16/h2-8H,1H3,(H,21,25)(H,22,23)(H2,18,19,20,24). The maximum absolute atomic E-state index is 5.26. The molecule has 4 heterocycles. The third-order valence-corrected chi connectivity index (χ3v) is 4.17. The van der Waals surface area contributed by atoms with Crippen LogP contribution in [0.25, 0.3) is 33.6 Å². The Morgan fingerprint density at radius 3 is 3.04 bits per heavy atom. The fraction of sp³-hybridized carbons (Fsp3) is 0.0588. The molecule has 26 heavy (non-hydrogen) atoms. The van der Waals surface area contributed by atoms with Crippen LogP contribution in [0.3, 0.4) is 0 Å². The Morgan fingerprint density at radius 2 is 2.12 bits per heavy atom. The number of aromatic amines is 3. The molecule has 0 aliphatic heterocycles. The van der Waals surface area contributed by atoms with Crippen LogP contribution in [0.2, 0.25) is 0 Å². The molecule has 1 aromatic carbocycles. The molecule has 0 unspecified atom stereocenters. The molecule has 0 fully saturated rings. The van der Waals surface area contributed by atoms with Gasteiger partial charge in [0.25, 0.3) is 0 Å². The zero-order valence-electron chi connectivity index (χ0n) is 13.7. The second-order valence-corrected chi connectivity index (χ2v) is 5.71. The monoisotopic (exact) mass is 346 g/mol. The van der Waals surface area contributed by atoms with E-state index in [0.29, 0.717) is 11.6 Å². The number of nitrogens with zero attached hydrogens (tertiary/aromatic N) is 4. The first-order valence-corrected chi connectivity index (χ1v) is 7.94. The minimum atomic E-state index is 0.674. The van der Waals surface area contributed by atoms with Gasteiger partial charge in [0.2, 0.25) is 0 Å². The van der Waals surface area contributed by atoms with Crippen LogP contribution < -0.4 is 10.1 Å². The van der Waals surface area contributed by atoms with Crippen molar-refractivity contribution in [1.29, 1.82) is 0 Å². The first kappa shape index (κ1) is 14.5. The summed E-state index contributed by atoms with van der Waals surface area (Å²) in [5, 5.41) is 11.3. The summed E-state index contributed by atoms with van der Waals surface area (Å²) in [6.45, 7) is 0. The highest BCUT2D eigenvalue weighted by molar-refractivity contribution is 5.90. The van der Waals surface area contributed by atoms with E-state index in [2.05, 4.69) is 40.4 Å². The number of imidazole rings is 1. The maximum atomic E-state index is 5.26. The number of fused-ring (bicyclic) bond motifs is 2. The molecule has 5 rings (SSSR count). The van der Waals surface area contributed by atoms with Gasteiger partial charge >= 0.3 is 0 Å². The van der Waals surface area contributed by atoms with Gasteiger partial charge in [-0.3, -0.25) is 5.10 Å². The molecule has 0 bridgehead atoms. The van der Waals surface area contributed by atoms with E-state index in [9.17, 15) is 0 Å². The van der Waals surface area contributed by atoms with Crippen molar-refractivity contribution >= 4 is 33.6 Å². The van der Waals surface area contributed by atoms with Crippen LogP contribution in [0.4, 0.5) is 11.5 Å². The SMILES string of the molecule is COc1ccc2nc(-c3[nH]ncc3Nc3ncnc4[nH]ccc34)[nH]c2c1. The molecule has 0 spiro atoms. The van der Waals surface area contributed by atoms with Crippen molar-refractivity contribution in [3.8, 4) is 17.3 Å². The van der Waals surface area contributed by atoms with Gasteiger partial charge < -0.3 is 20.0 Å². The second kappa shape index (κ2) is 5.59. The molecule has 0 saturated heterocycles. The summed E-state index contributed by atoms with van der Waals surface area (Å²) in [4.78, 5) is 19.5. The predicted molar refractivity (Wildman–Crippen MR) is 97.4 cm³/mol. The Kier molecular flexibility index (Phi) is 3.11. The zero-order valence-corrected chi connectivity index (χ0v) is 13.7. The van der Waals surface area contributed by atoms with Crippen LogP contribution in [-0.4, -0.2) is 42.2 Å². The molecule has 128 valence electrons. The van der Waals surface area contributed by atoms with Gasteiger partial charge in [-0.1, -0.05) is 0 Å². The van der Waals surface area contributed by atoms with Gasteiger partial charge in [0, 0.05) is 12.3 Å². The fourth-order valence-corrected chi connectivity index (χ4v) is 2.90. The number of aromatic nitrogens is 7. The molecular weight excluding hydrogens is 332 g/mol. The molecule has 0 radical (unpaired) electrons. The van der Waals surface area contributed by atoms with E-state index in [0.717, 1.165) is 39.2 Å². The van der Waals surface area contributed by atoms with Crippen LogP contribution in [0.5, 0.6) is 5.75 Å². The molecule has 0 aliphatic rings. The van der Waals surface area contributed by atoms with Crippen molar-refractivity contribution in [2.45, 2.75) is 0 Å². The number of nitrogens with one attached hydrogen (secondary N) is 4. The van der Waals surface area contributed by atoms with E-state index in [1.165, 1.54) is 6.33 Å². The summed E-state index contributed by atoms with van der Waals surface area (Å²) >= 11 is 0. The molecule has 0 aliphatic carbocycles. The lowest BCUT2D eigenvalue weighted by Gasteiger charge is -2.05. The molecule has 9 nitrogen and oxygen atoms in total. The lowest BCUT2D eigenvalue weighted by molar-refractivity contribution is 0.415. The number of benzene rings is 1. The minimum Gasteiger partial charge on any atom is -0.497 e. The van der Waals surface area contributed by atoms with Crippen molar-refractivity contribution in [2.75, 3.05) is 12.4 Å². The highest BCUT2D eigenvalue weighted by Crippen LogP contribution is 2.30. The number of ether oxygens (including phenoxy) is 1. The third kappa shape index (κ3) is 2.25. The summed E-state index contributed by atoms with van der Waals surface area (Å²) < 4.78 is 5.26. The summed E-state index contributed by atoms with van der Waals surface area (Å²) in [7, 11) is 1.64. The molecule has 9 heteroatoms. The van der Waals surface area contributed by atoms with E-state index in [1.807, 2.05) is 30.5 Å². The average Bonchev–Trinajstić information content (AvgIpc) is 3.39. The summed E-state index contributed by atoms with van der Waals surface area (Å²) in [5.74, 6) is 2.13. The molecule has 0 amide bonds. The summed E-state index contributed by atoms with van der Waals surface area (Å²) in [5.41, 5.74) is 3.99. The number of methoxy groups -OCH3 is 1. The van der Waals surface area contributed by atoms with Gasteiger partial charge in [-0.15, -0.1) is 0 Å². The van der Waals surface area contributed by atoms with Crippen molar-refractivity contribution in [2.24, 2.45) is 0 Å². The largest absolute Gasteiger partial charge is 0.497 e. The van der Waals surface area contributed by atoms with Crippen molar-refractivity contribution in [3.05, 3.63) is 43.0 Å². The quantitative estimate of drug-likeness (QED) is 0.397. The smallest absolute Gasteiger partial charge is 0.158 e. The zero-order chi connectivity index (χ0) is 17.5. The molecule has 4 N–H and O–H groups in total. The Hall–Kier alpha value is -3.88. The van der Waals surface area contributed by atoms with E-state index < -0.39 is 0 Å². The lowest BCUT2D eigenvalue weighted by atomic mass is 10.3. The molecule has 0 saturated carbocycles. The van der Waals surface area contributed by atoms with Crippen LogP contribution >= 0.6 is 0 Å². The van der Waals surface area contributed by atoms with Gasteiger partial charge in [0.15, 0.2) is 5.82 Å². The Balaban J connectivity index is 1.56. The first-order chi connectivity index (χ1) is 12.8. The van der Waals surface area contributed by atoms with Crippen molar-refractivity contribution in [3.63, 3.8) is 0 Å². The summed E-state index contributed by atoms with van der Waals surface area (Å²) in [6.07, 6.45) is 5.03. The number of anilines is 2. The number of hydrogen-bond donors (Lipinski definition) is 4. The lowest BCUT2D eigenvalue weighted by Crippen LogP contribution is -1.96. The van der Waals surface area contributed by atoms with Gasteiger partial charge in [0.1, 0.15) is 29.2 Å². The summed E-state index contributed by atoms with van der Waals surface area (Å²) in [6, 6.07) is 7.61. The first-order valence-electron chi connectivity index (χ1n) is 7.94.